The van der Waals surface area contributed by atoms with Crippen LogP contribution in [0.5, 0.6) is 5.75 Å². The minimum absolute atomic E-state index is 0.415. The molecule has 2 heterocycles. The molecule has 0 radical (unpaired) electrons. The summed E-state index contributed by atoms with van der Waals surface area (Å²) in [5.41, 5.74) is 6.04. The van der Waals surface area contributed by atoms with Crippen LogP contribution in [0.15, 0.2) is 42.6 Å². The number of pyridine rings is 1. The Balaban J connectivity index is 2.27. The van der Waals surface area contributed by atoms with E-state index in [9.17, 15) is 4.79 Å². The van der Waals surface area contributed by atoms with Crippen LogP contribution in [0.4, 0.5) is 0 Å². The number of hydrogen-bond acceptors (Lipinski definition) is 2. The zero-order valence-corrected chi connectivity index (χ0v) is 15.4. The molecule has 0 aliphatic rings. The molecule has 0 spiro atoms. The average molecular weight is 335 g/mol. The lowest BCUT2D eigenvalue weighted by atomic mass is 9.96. The minimum atomic E-state index is 0.415. The van der Waals surface area contributed by atoms with Gasteiger partial charge in [-0.1, -0.05) is 32.9 Å². The quantitative estimate of drug-likeness (QED) is 0.557. The number of aryl methyl sites for hydroxylation is 1. The summed E-state index contributed by atoms with van der Waals surface area (Å²) in [5.74, 6) is 1.24. The summed E-state index contributed by atoms with van der Waals surface area (Å²) in [4.78, 5) is 11.9. The van der Waals surface area contributed by atoms with Crippen molar-refractivity contribution in [3.63, 3.8) is 0 Å². The Bertz CT molecular complexity index is 906. The van der Waals surface area contributed by atoms with Crippen molar-refractivity contribution >= 4 is 11.8 Å². The first-order chi connectivity index (χ1) is 12.1. The van der Waals surface area contributed by atoms with Gasteiger partial charge in [-0.15, -0.1) is 0 Å². The van der Waals surface area contributed by atoms with E-state index in [-0.39, 0.29) is 0 Å². The number of fused-ring (bicyclic) bond motifs is 1. The molecular weight excluding hydrogens is 310 g/mol. The van der Waals surface area contributed by atoms with E-state index in [1.54, 1.807) is 0 Å². The molecule has 0 unspecified atom stereocenters. The van der Waals surface area contributed by atoms with Crippen LogP contribution in [-0.4, -0.2) is 17.3 Å². The highest BCUT2D eigenvalue weighted by Crippen LogP contribution is 2.36. The third kappa shape index (κ3) is 3.19. The highest BCUT2D eigenvalue weighted by Gasteiger charge is 2.17. The van der Waals surface area contributed by atoms with Gasteiger partial charge >= 0.3 is 0 Å². The number of ether oxygens (including phenoxy) is 1. The Kier molecular flexibility index (Phi) is 4.93. The number of rotatable bonds is 6. The van der Waals surface area contributed by atoms with Gasteiger partial charge in [-0.05, 0) is 54.7 Å². The van der Waals surface area contributed by atoms with E-state index in [2.05, 4.69) is 57.3 Å². The molecule has 0 saturated heterocycles. The molecule has 25 heavy (non-hydrogen) atoms. The Morgan fingerprint density at radius 3 is 2.52 bits per heavy atom. The maximum atomic E-state index is 11.9. The Hall–Kier alpha value is -2.55. The van der Waals surface area contributed by atoms with Crippen molar-refractivity contribution < 1.29 is 9.53 Å². The molecular formula is C22H25NO2. The Morgan fingerprint density at radius 1 is 1.08 bits per heavy atom. The van der Waals surface area contributed by atoms with Gasteiger partial charge in [0.1, 0.15) is 5.75 Å². The molecule has 3 heteroatoms. The Labute approximate surface area is 149 Å². The van der Waals surface area contributed by atoms with Gasteiger partial charge in [0, 0.05) is 22.8 Å². The van der Waals surface area contributed by atoms with Gasteiger partial charge in [0.2, 0.25) is 0 Å². The van der Waals surface area contributed by atoms with Crippen molar-refractivity contribution in [3.8, 4) is 16.9 Å². The number of hydrogen-bond donors (Lipinski definition) is 0. The normalized spacial score (nSPS) is 11.2. The third-order valence-corrected chi connectivity index (χ3v) is 4.65. The van der Waals surface area contributed by atoms with Gasteiger partial charge in [0.05, 0.1) is 12.3 Å². The average Bonchev–Trinajstić information content (AvgIpc) is 2.99. The molecule has 0 N–H and O–H groups in total. The van der Waals surface area contributed by atoms with Crippen LogP contribution >= 0.6 is 0 Å². The fraction of sp³-hybridized carbons (Fsp3) is 0.318. The van der Waals surface area contributed by atoms with Gasteiger partial charge in [-0.2, -0.15) is 0 Å². The maximum absolute atomic E-state index is 11.9. The van der Waals surface area contributed by atoms with E-state index in [0.717, 1.165) is 35.1 Å². The summed E-state index contributed by atoms with van der Waals surface area (Å²) < 4.78 is 7.83. The predicted octanol–water partition coefficient (Wildman–Crippen LogP) is 5.50. The summed E-state index contributed by atoms with van der Waals surface area (Å²) in [5, 5.41) is 0. The zero-order valence-electron chi connectivity index (χ0n) is 15.4. The van der Waals surface area contributed by atoms with Crippen molar-refractivity contribution in [1.82, 2.24) is 4.40 Å². The lowest BCUT2D eigenvalue weighted by Gasteiger charge is -2.14. The molecule has 2 aromatic heterocycles. The van der Waals surface area contributed by atoms with Gasteiger partial charge in [0.15, 0.2) is 6.29 Å². The van der Waals surface area contributed by atoms with Gasteiger partial charge in [-0.3, -0.25) is 4.79 Å². The zero-order chi connectivity index (χ0) is 18.0. The SMILES string of the molecule is CCOc1ccc(C(C)C)cc1-c1cc2ccc(CC)cn2c1C=O. The van der Waals surface area contributed by atoms with E-state index >= 15 is 0 Å². The maximum Gasteiger partial charge on any atom is 0.167 e. The van der Waals surface area contributed by atoms with Crippen molar-refractivity contribution in [2.75, 3.05) is 6.61 Å². The summed E-state index contributed by atoms with van der Waals surface area (Å²) in [6, 6.07) is 12.5. The third-order valence-electron chi connectivity index (χ3n) is 4.65. The first-order valence-corrected chi connectivity index (χ1v) is 8.95. The molecule has 0 aliphatic heterocycles. The molecule has 0 fully saturated rings. The second kappa shape index (κ2) is 7.14. The highest BCUT2D eigenvalue weighted by atomic mass is 16.5. The molecule has 3 aromatic rings. The number of benzene rings is 1. The van der Waals surface area contributed by atoms with Crippen molar-refractivity contribution in [2.45, 2.75) is 40.0 Å². The van der Waals surface area contributed by atoms with Crippen LogP contribution in [0.1, 0.15) is 55.2 Å². The highest BCUT2D eigenvalue weighted by molar-refractivity contribution is 5.91. The first kappa shape index (κ1) is 17.3. The standard InChI is InChI=1S/C22H25NO2/c1-5-16-7-9-18-12-19(21(14-24)23(18)13-16)20-11-17(15(3)4)8-10-22(20)25-6-2/h7-15H,5-6H2,1-4H3. The number of nitrogens with zero attached hydrogens (tertiary/aromatic N) is 1. The molecule has 0 aliphatic carbocycles. The number of aldehydes is 1. The second-order valence-electron chi connectivity index (χ2n) is 6.59. The molecule has 0 amide bonds. The molecule has 0 bridgehead atoms. The summed E-state index contributed by atoms with van der Waals surface area (Å²) >= 11 is 0. The number of carbonyl (C=O) groups excluding carboxylic acids is 1. The van der Waals surface area contributed by atoms with Crippen LogP contribution in [0.25, 0.3) is 16.6 Å². The fourth-order valence-electron chi connectivity index (χ4n) is 3.18. The number of aromatic nitrogens is 1. The monoisotopic (exact) mass is 335 g/mol. The van der Waals surface area contributed by atoms with Crippen LogP contribution in [0.2, 0.25) is 0 Å². The molecule has 130 valence electrons. The fourth-order valence-corrected chi connectivity index (χ4v) is 3.18. The number of carbonyl (C=O) groups is 1. The second-order valence-corrected chi connectivity index (χ2v) is 6.59. The topological polar surface area (TPSA) is 30.7 Å². The Morgan fingerprint density at radius 2 is 1.88 bits per heavy atom. The van der Waals surface area contributed by atoms with Gasteiger partial charge < -0.3 is 9.14 Å². The smallest absolute Gasteiger partial charge is 0.167 e. The predicted molar refractivity (Wildman–Crippen MR) is 103 cm³/mol. The van der Waals surface area contributed by atoms with Crippen LogP contribution in [0.3, 0.4) is 0 Å². The summed E-state index contributed by atoms with van der Waals surface area (Å²) in [6.45, 7) is 9.03. The van der Waals surface area contributed by atoms with Crippen LogP contribution < -0.4 is 4.74 Å². The van der Waals surface area contributed by atoms with Gasteiger partial charge in [0.25, 0.3) is 0 Å². The van der Waals surface area contributed by atoms with Crippen LogP contribution in [-0.2, 0) is 6.42 Å². The summed E-state index contributed by atoms with van der Waals surface area (Å²) in [7, 11) is 0. The molecule has 0 atom stereocenters. The van der Waals surface area contributed by atoms with Crippen LogP contribution in [0, 0.1) is 0 Å². The van der Waals surface area contributed by atoms with Crippen molar-refractivity contribution in [1.29, 1.82) is 0 Å². The van der Waals surface area contributed by atoms with E-state index in [4.69, 9.17) is 4.74 Å². The minimum Gasteiger partial charge on any atom is -0.493 e. The van der Waals surface area contributed by atoms with E-state index < -0.39 is 0 Å². The largest absolute Gasteiger partial charge is 0.493 e. The molecule has 0 saturated carbocycles. The lowest BCUT2D eigenvalue weighted by molar-refractivity contribution is 0.111. The van der Waals surface area contributed by atoms with E-state index in [0.29, 0.717) is 18.2 Å². The molecule has 1 aromatic carbocycles. The van der Waals surface area contributed by atoms with E-state index in [1.165, 1.54) is 11.1 Å². The molecule has 3 nitrogen and oxygen atoms in total. The van der Waals surface area contributed by atoms with Gasteiger partial charge in [-0.25, -0.2) is 0 Å². The van der Waals surface area contributed by atoms with Crippen molar-refractivity contribution in [2.24, 2.45) is 0 Å². The summed E-state index contributed by atoms with van der Waals surface area (Å²) in [6.07, 6.45) is 3.93. The van der Waals surface area contributed by atoms with E-state index in [1.807, 2.05) is 17.4 Å². The lowest BCUT2D eigenvalue weighted by Crippen LogP contribution is -1.98. The van der Waals surface area contributed by atoms with Crippen molar-refractivity contribution in [3.05, 3.63) is 59.4 Å². The first-order valence-electron chi connectivity index (χ1n) is 8.95. The molecule has 3 rings (SSSR count).